The van der Waals surface area contributed by atoms with E-state index in [4.69, 9.17) is 0 Å². The Balaban J connectivity index is 1.78. The molecule has 132 valence electrons. The molecule has 0 aromatic heterocycles. The lowest BCUT2D eigenvalue weighted by atomic mass is 9.92. The first-order chi connectivity index (χ1) is 12.1. The fourth-order valence-electron chi connectivity index (χ4n) is 3.64. The van der Waals surface area contributed by atoms with Crippen molar-refractivity contribution in [2.24, 2.45) is 0 Å². The van der Waals surface area contributed by atoms with Gasteiger partial charge in [0.15, 0.2) is 0 Å². The van der Waals surface area contributed by atoms with Gasteiger partial charge in [-0.25, -0.2) is 0 Å². The Bertz CT molecular complexity index is 742. The van der Waals surface area contributed by atoms with Crippen molar-refractivity contribution in [2.45, 2.75) is 31.7 Å². The van der Waals surface area contributed by atoms with Gasteiger partial charge in [0, 0.05) is 24.8 Å². The quantitative estimate of drug-likeness (QED) is 0.851. The van der Waals surface area contributed by atoms with Crippen LogP contribution in [0.25, 0.3) is 0 Å². The molecule has 1 unspecified atom stereocenters. The van der Waals surface area contributed by atoms with Crippen molar-refractivity contribution in [2.75, 3.05) is 25.1 Å². The predicted octanol–water partition coefficient (Wildman–Crippen LogP) is 3.10. The van der Waals surface area contributed by atoms with E-state index in [-0.39, 0.29) is 12.5 Å². The summed E-state index contributed by atoms with van der Waals surface area (Å²) in [4.78, 5) is 14.9. The van der Waals surface area contributed by atoms with Crippen molar-refractivity contribution < 1.29 is 9.90 Å². The van der Waals surface area contributed by atoms with Gasteiger partial charge >= 0.3 is 0 Å². The van der Waals surface area contributed by atoms with E-state index in [1.807, 2.05) is 42.5 Å². The lowest BCUT2D eigenvalue weighted by Crippen LogP contribution is -2.47. The monoisotopic (exact) mass is 338 g/mol. The summed E-state index contributed by atoms with van der Waals surface area (Å²) >= 11 is 0. The molecule has 1 aliphatic carbocycles. The van der Waals surface area contributed by atoms with Gasteiger partial charge in [-0.15, -0.1) is 0 Å². The van der Waals surface area contributed by atoms with E-state index in [1.54, 1.807) is 0 Å². The maximum absolute atomic E-state index is 12.7. The molecule has 1 atom stereocenters. The van der Waals surface area contributed by atoms with Crippen LogP contribution in [0, 0.1) is 0 Å². The zero-order valence-electron chi connectivity index (χ0n) is 15.0. The Morgan fingerprint density at radius 1 is 1.20 bits per heavy atom. The van der Waals surface area contributed by atoms with E-state index in [0.29, 0.717) is 5.56 Å². The number of nitrogens with zero attached hydrogens (tertiary/aromatic N) is 1. The molecule has 25 heavy (non-hydrogen) atoms. The summed E-state index contributed by atoms with van der Waals surface area (Å²) in [5.41, 5.74) is 3.27. The lowest BCUT2D eigenvalue weighted by molar-refractivity contribution is 0.0829. The van der Waals surface area contributed by atoms with Crippen LogP contribution in [0.4, 0.5) is 5.69 Å². The molecule has 2 N–H and O–H groups in total. The van der Waals surface area contributed by atoms with Crippen LogP contribution in [0.1, 0.15) is 41.3 Å². The Morgan fingerprint density at radius 3 is 2.60 bits per heavy atom. The van der Waals surface area contributed by atoms with Crippen LogP contribution < -0.4 is 10.2 Å². The number of benzene rings is 2. The van der Waals surface area contributed by atoms with Gasteiger partial charge in [-0.2, -0.15) is 0 Å². The summed E-state index contributed by atoms with van der Waals surface area (Å²) in [6.07, 6.45) is 2.68. The summed E-state index contributed by atoms with van der Waals surface area (Å²) in [5.74, 6) is -0.143. The molecule has 1 aliphatic rings. The number of nitrogens with one attached hydrogen (secondary N) is 1. The van der Waals surface area contributed by atoms with E-state index in [1.165, 1.54) is 5.56 Å². The Labute approximate surface area is 149 Å². The average molecular weight is 338 g/mol. The van der Waals surface area contributed by atoms with E-state index in [9.17, 15) is 9.90 Å². The fourth-order valence-corrected chi connectivity index (χ4v) is 3.64. The van der Waals surface area contributed by atoms with Crippen LogP contribution in [0.3, 0.4) is 0 Å². The number of hydrogen-bond donors (Lipinski definition) is 2. The van der Waals surface area contributed by atoms with Crippen LogP contribution in [0.5, 0.6) is 0 Å². The van der Waals surface area contributed by atoms with Crippen molar-refractivity contribution >= 4 is 11.6 Å². The number of fused-ring (bicyclic) bond motifs is 1. The van der Waals surface area contributed by atoms with E-state index < -0.39 is 5.54 Å². The number of hydrogen-bond acceptors (Lipinski definition) is 3. The van der Waals surface area contributed by atoms with Crippen molar-refractivity contribution in [3.8, 4) is 0 Å². The summed E-state index contributed by atoms with van der Waals surface area (Å²) in [6.45, 7) is 3.04. The number of aliphatic hydroxyl groups excluding tert-OH is 1. The number of anilines is 1. The third-order valence-corrected chi connectivity index (χ3v) is 5.11. The predicted molar refractivity (Wildman–Crippen MR) is 101 cm³/mol. The molecule has 3 rings (SSSR count). The third-order valence-electron chi connectivity index (χ3n) is 5.11. The Kier molecular flexibility index (Phi) is 5.09. The number of carbonyl (C=O) groups is 1. The number of carbonyl (C=O) groups excluding carboxylic acids is 1. The molecule has 4 heteroatoms. The van der Waals surface area contributed by atoms with Crippen molar-refractivity contribution in [1.82, 2.24) is 5.32 Å². The van der Waals surface area contributed by atoms with Gasteiger partial charge in [0.05, 0.1) is 12.1 Å². The highest BCUT2D eigenvalue weighted by atomic mass is 16.3. The first kappa shape index (κ1) is 17.5. The van der Waals surface area contributed by atoms with Gasteiger partial charge in [-0.1, -0.05) is 31.2 Å². The normalized spacial score (nSPS) is 18.7. The van der Waals surface area contributed by atoms with Crippen LogP contribution in [-0.2, 0) is 12.0 Å². The molecular weight excluding hydrogens is 312 g/mol. The smallest absolute Gasteiger partial charge is 0.252 e. The number of amides is 1. The molecule has 2 aromatic carbocycles. The standard InChI is InChI=1S/C21H26N2O2/c1-3-14-23(2)18-10-8-17(9-11-18)20(25)22-21(15-24)13-12-16-6-4-5-7-19(16)21/h4-11,24H,3,12-15H2,1-2H3,(H,22,25). The van der Waals surface area contributed by atoms with Crippen molar-refractivity contribution in [3.63, 3.8) is 0 Å². The Morgan fingerprint density at radius 2 is 1.92 bits per heavy atom. The third kappa shape index (κ3) is 3.40. The Hall–Kier alpha value is -2.33. The minimum atomic E-state index is -0.675. The number of aryl methyl sites for hydroxylation is 1. The molecule has 0 spiro atoms. The van der Waals surface area contributed by atoms with Gasteiger partial charge in [0.25, 0.3) is 5.91 Å². The van der Waals surface area contributed by atoms with Crippen molar-refractivity contribution in [3.05, 3.63) is 65.2 Å². The van der Waals surface area contributed by atoms with Crippen LogP contribution in [-0.4, -0.2) is 31.2 Å². The topological polar surface area (TPSA) is 52.6 Å². The molecule has 0 fully saturated rings. The number of aliphatic hydroxyl groups is 1. The average Bonchev–Trinajstić information content (AvgIpc) is 3.01. The zero-order chi connectivity index (χ0) is 17.9. The maximum atomic E-state index is 12.7. The summed E-state index contributed by atoms with van der Waals surface area (Å²) in [5, 5.41) is 13.1. The van der Waals surface area contributed by atoms with Gasteiger partial charge in [-0.05, 0) is 54.7 Å². The second kappa shape index (κ2) is 7.28. The minimum absolute atomic E-state index is 0.0902. The molecular formula is C21H26N2O2. The minimum Gasteiger partial charge on any atom is -0.394 e. The number of rotatable bonds is 6. The highest BCUT2D eigenvalue weighted by Crippen LogP contribution is 2.36. The molecule has 0 radical (unpaired) electrons. The molecule has 0 heterocycles. The van der Waals surface area contributed by atoms with E-state index in [2.05, 4.69) is 30.3 Å². The highest BCUT2D eigenvalue weighted by molar-refractivity contribution is 5.95. The van der Waals surface area contributed by atoms with E-state index >= 15 is 0 Å². The van der Waals surface area contributed by atoms with Gasteiger partial charge < -0.3 is 15.3 Å². The first-order valence-corrected chi connectivity index (χ1v) is 8.92. The first-order valence-electron chi connectivity index (χ1n) is 8.92. The second-order valence-corrected chi connectivity index (χ2v) is 6.82. The zero-order valence-corrected chi connectivity index (χ0v) is 15.0. The van der Waals surface area contributed by atoms with Gasteiger partial charge in [0.1, 0.15) is 0 Å². The van der Waals surface area contributed by atoms with Crippen LogP contribution >= 0.6 is 0 Å². The lowest BCUT2D eigenvalue weighted by Gasteiger charge is -2.29. The largest absolute Gasteiger partial charge is 0.394 e. The fraction of sp³-hybridized carbons (Fsp3) is 0.381. The summed E-state index contributed by atoms with van der Waals surface area (Å²) in [7, 11) is 2.05. The summed E-state index contributed by atoms with van der Waals surface area (Å²) in [6, 6.07) is 15.7. The van der Waals surface area contributed by atoms with Crippen LogP contribution in [0.2, 0.25) is 0 Å². The van der Waals surface area contributed by atoms with Gasteiger partial charge in [0.2, 0.25) is 0 Å². The molecule has 0 saturated carbocycles. The molecule has 0 bridgehead atoms. The van der Waals surface area contributed by atoms with E-state index in [0.717, 1.165) is 37.1 Å². The van der Waals surface area contributed by atoms with Gasteiger partial charge in [-0.3, -0.25) is 4.79 Å². The molecule has 1 amide bonds. The van der Waals surface area contributed by atoms with Crippen molar-refractivity contribution in [1.29, 1.82) is 0 Å². The molecule has 4 nitrogen and oxygen atoms in total. The van der Waals surface area contributed by atoms with Crippen LogP contribution in [0.15, 0.2) is 48.5 Å². The second-order valence-electron chi connectivity index (χ2n) is 6.82. The summed E-state index contributed by atoms with van der Waals surface area (Å²) < 4.78 is 0. The maximum Gasteiger partial charge on any atom is 0.252 e. The highest BCUT2D eigenvalue weighted by Gasteiger charge is 2.39. The molecule has 0 saturated heterocycles. The molecule has 2 aromatic rings. The SMILES string of the molecule is CCCN(C)c1ccc(C(=O)NC2(CO)CCc3ccccc32)cc1. The molecule has 0 aliphatic heterocycles.